The molecule has 1 atom stereocenters. The lowest BCUT2D eigenvalue weighted by atomic mass is 10.1. The molecule has 0 fully saturated rings. The maximum Gasteiger partial charge on any atom is 0.266 e. The predicted octanol–water partition coefficient (Wildman–Crippen LogP) is 2.05. The van der Waals surface area contributed by atoms with E-state index in [1.165, 1.54) is 0 Å². The first-order valence-electron chi connectivity index (χ1n) is 8.65. The van der Waals surface area contributed by atoms with Crippen molar-refractivity contribution in [3.63, 3.8) is 0 Å². The molecule has 0 aliphatic rings. The van der Waals surface area contributed by atoms with Crippen LogP contribution in [0.3, 0.4) is 0 Å². The molecular weight excluding hydrogens is 314 g/mol. The minimum atomic E-state index is -0.0228. The quantitative estimate of drug-likeness (QED) is 0.671. The zero-order valence-corrected chi connectivity index (χ0v) is 14.7. The highest BCUT2D eigenvalue weighted by atomic mass is 16.5. The molecule has 2 N–H and O–H groups in total. The van der Waals surface area contributed by atoms with Gasteiger partial charge in [0, 0.05) is 13.5 Å². The van der Waals surface area contributed by atoms with E-state index in [1.807, 2.05) is 54.6 Å². The van der Waals surface area contributed by atoms with Gasteiger partial charge in [-0.2, -0.15) is 0 Å². The van der Waals surface area contributed by atoms with Crippen LogP contribution in [0.1, 0.15) is 25.2 Å². The number of hydrogen-bond acceptors (Lipinski definition) is 3. The Morgan fingerprint density at radius 1 is 1.12 bits per heavy atom. The highest BCUT2D eigenvalue weighted by Crippen LogP contribution is 2.17. The summed E-state index contributed by atoms with van der Waals surface area (Å²) in [6, 6.07) is 17.3. The van der Waals surface area contributed by atoms with Gasteiger partial charge in [-0.3, -0.25) is 9.36 Å². The standard InChI is InChI=1S/C20H23N3O2/c1-3-17(21-13-14-25-2)19-22-18-12-8-7-11-16(18)20(24)23(19)15-9-5-4-6-10-15/h4-12,17,21H,3,13-14H2,1-2H3/p+1/t17-/m0/s1. The van der Waals surface area contributed by atoms with Crippen molar-refractivity contribution < 1.29 is 10.1 Å². The van der Waals surface area contributed by atoms with Crippen molar-refractivity contribution in [1.82, 2.24) is 9.55 Å². The Kier molecular flexibility index (Phi) is 5.58. The fourth-order valence-electron chi connectivity index (χ4n) is 3.07. The molecule has 5 heteroatoms. The number of para-hydroxylation sites is 2. The van der Waals surface area contributed by atoms with E-state index in [-0.39, 0.29) is 11.6 Å². The fourth-order valence-corrected chi connectivity index (χ4v) is 3.07. The summed E-state index contributed by atoms with van der Waals surface area (Å²) in [5.74, 6) is 0.786. The number of quaternary nitrogens is 1. The Morgan fingerprint density at radius 3 is 2.56 bits per heavy atom. The van der Waals surface area contributed by atoms with Crippen LogP contribution in [0.25, 0.3) is 16.6 Å². The number of hydrogen-bond donors (Lipinski definition) is 1. The summed E-state index contributed by atoms with van der Waals surface area (Å²) in [6.45, 7) is 3.61. The van der Waals surface area contributed by atoms with Gasteiger partial charge < -0.3 is 10.1 Å². The summed E-state index contributed by atoms with van der Waals surface area (Å²) >= 11 is 0. The first-order chi connectivity index (χ1) is 12.3. The van der Waals surface area contributed by atoms with Gasteiger partial charge >= 0.3 is 0 Å². The van der Waals surface area contributed by atoms with Crippen LogP contribution in [-0.4, -0.2) is 29.8 Å². The molecule has 0 unspecified atom stereocenters. The lowest BCUT2D eigenvalue weighted by Crippen LogP contribution is -2.86. The van der Waals surface area contributed by atoms with Gasteiger partial charge in [0.2, 0.25) is 0 Å². The predicted molar refractivity (Wildman–Crippen MR) is 99.0 cm³/mol. The van der Waals surface area contributed by atoms with Gasteiger partial charge in [-0.15, -0.1) is 0 Å². The van der Waals surface area contributed by atoms with E-state index < -0.39 is 0 Å². The zero-order valence-electron chi connectivity index (χ0n) is 14.7. The molecule has 5 nitrogen and oxygen atoms in total. The topological polar surface area (TPSA) is 60.7 Å². The van der Waals surface area contributed by atoms with Crippen molar-refractivity contribution in [2.24, 2.45) is 0 Å². The highest BCUT2D eigenvalue weighted by molar-refractivity contribution is 5.77. The second-order valence-electron chi connectivity index (χ2n) is 6.00. The maximum absolute atomic E-state index is 13.2. The number of benzene rings is 2. The third kappa shape index (κ3) is 3.62. The molecule has 130 valence electrons. The van der Waals surface area contributed by atoms with E-state index in [0.717, 1.165) is 30.0 Å². The van der Waals surface area contributed by atoms with Gasteiger partial charge in [-0.1, -0.05) is 37.3 Å². The van der Waals surface area contributed by atoms with Crippen LogP contribution < -0.4 is 10.9 Å². The average molecular weight is 338 g/mol. The van der Waals surface area contributed by atoms with Crippen LogP contribution in [0, 0.1) is 0 Å². The van der Waals surface area contributed by atoms with Crippen LogP contribution in [0.2, 0.25) is 0 Å². The number of rotatable bonds is 7. The van der Waals surface area contributed by atoms with Crippen molar-refractivity contribution in [2.45, 2.75) is 19.4 Å². The third-order valence-electron chi connectivity index (χ3n) is 4.36. The Bertz CT molecular complexity index is 890. The van der Waals surface area contributed by atoms with E-state index in [4.69, 9.17) is 9.72 Å². The lowest BCUT2D eigenvalue weighted by Gasteiger charge is -2.19. The van der Waals surface area contributed by atoms with Crippen molar-refractivity contribution in [3.05, 3.63) is 70.8 Å². The number of ether oxygens (including phenoxy) is 1. The SMILES string of the molecule is CC[C@H]([NH2+]CCOC)c1nc2ccccc2c(=O)n1-c1ccccc1. The van der Waals surface area contributed by atoms with Crippen LogP contribution in [0.4, 0.5) is 0 Å². The van der Waals surface area contributed by atoms with Crippen LogP contribution >= 0.6 is 0 Å². The molecule has 0 aliphatic carbocycles. The van der Waals surface area contributed by atoms with Crippen LogP contribution in [0.5, 0.6) is 0 Å². The summed E-state index contributed by atoms with van der Waals surface area (Å²) in [6.07, 6.45) is 0.876. The largest absolute Gasteiger partial charge is 0.379 e. The molecule has 2 aromatic carbocycles. The first kappa shape index (κ1) is 17.3. The van der Waals surface area contributed by atoms with Crippen molar-refractivity contribution in [1.29, 1.82) is 0 Å². The molecule has 3 rings (SSSR count). The molecule has 0 spiro atoms. The molecule has 0 aliphatic heterocycles. The molecule has 1 heterocycles. The minimum Gasteiger partial charge on any atom is -0.379 e. The molecule has 0 saturated carbocycles. The van der Waals surface area contributed by atoms with E-state index >= 15 is 0 Å². The van der Waals surface area contributed by atoms with E-state index in [1.54, 1.807) is 11.7 Å². The number of nitrogens with zero attached hydrogens (tertiary/aromatic N) is 2. The lowest BCUT2D eigenvalue weighted by molar-refractivity contribution is -0.698. The van der Waals surface area contributed by atoms with Gasteiger partial charge in [-0.25, -0.2) is 4.98 Å². The van der Waals surface area contributed by atoms with Crippen LogP contribution in [-0.2, 0) is 4.74 Å². The monoisotopic (exact) mass is 338 g/mol. The molecule has 25 heavy (non-hydrogen) atoms. The summed E-state index contributed by atoms with van der Waals surface area (Å²) < 4.78 is 6.91. The summed E-state index contributed by atoms with van der Waals surface area (Å²) in [4.78, 5) is 18.0. The fraction of sp³-hybridized carbons (Fsp3) is 0.300. The Hall–Kier alpha value is -2.50. The third-order valence-corrected chi connectivity index (χ3v) is 4.36. The van der Waals surface area contributed by atoms with Crippen molar-refractivity contribution >= 4 is 10.9 Å². The van der Waals surface area contributed by atoms with Gasteiger partial charge in [0.25, 0.3) is 5.56 Å². The Labute approximate surface area is 147 Å². The van der Waals surface area contributed by atoms with E-state index in [9.17, 15) is 4.79 Å². The molecule has 1 aromatic heterocycles. The average Bonchev–Trinajstić information content (AvgIpc) is 2.66. The van der Waals surface area contributed by atoms with Gasteiger partial charge in [0.1, 0.15) is 6.04 Å². The Morgan fingerprint density at radius 2 is 1.84 bits per heavy atom. The van der Waals surface area contributed by atoms with Gasteiger partial charge in [0.15, 0.2) is 5.82 Å². The summed E-state index contributed by atoms with van der Waals surface area (Å²) in [5, 5.41) is 2.83. The molecule has 0 amide bonds. The molecule has 0 radical (unpaired) electrons. The molecular formula is C20H24N3O2+. The second kappa shape index (κ2) is 8.05. The van der Waals surface area contributed by atoms with Gasteiger partial charge in [-0.05, 0) is 24.3 Å². The number of aromatic nitrogens is 2. The summed E-state index contributed by atoms with van der Waals surface area (Å²) in [7, 11) is 1.70. The Balaban J connectivity index is 2.19. The minimum absolute atomic E-state index is 0.0228. The highest BCUT2D eigenvalue weighted by Gasteiger charge is 2.22. The number of fused-ring (bicyclic) bond motifs is 1. The van der Waals surface area contributed by atoms with Crippen molar-refractivity contribution in [3.8, 4) is 5.69 Å². The van der Waals surface area contributed by atoms with Gasteiger partial charge in [0.05, 0.1) is 29.7 Å². The first-order valence-corrected chi connectivity index (χ1v) is 8.65. The van der Waals surface area contributed by atoms with Crippen LogP contribution in [0.15, 0.2) is 59.4 Å². The van der Waals surface area contributed by atoms with E-state index in [0.29, 0.717) is 12.0 Å². The normalized spacial score (nSPS) is 12.4. The smallest absolute Gasteiger partial charge is 0.266 e. The number of nitrogens with two attached hydrogens (primary N) is 1. The number of methoxy groups -OCH3 is 1. The van der Waals surface area contributed by atoms with Crippen molar-refractivity contribution in [2.75, 3.05) is 20.3 Å². The zero-order chi connectivity index (χ0) is 17.6. The summed E-state index contributed by atoms with van der Waals surface area (Å²) in [5.41, 5.74) is 1.57. The second-order valence-corrected chi connectivity index (χ2v) is 6.00. The van der Waals surface area contributed by atoms with E-state index in [2.05, 4.69) is 12.2 Å². The maximum atomic E-state index is 13.2. The molecule has 0 bridgehead atoms. The molecule has 0 saturated heterocycles. The molecule has 3 aromatic rings.